The van der Waals surface area contributed by atoms with E-state index in [9.17, 15) is 8.42 Å². The standard InChI is InChI=1S/C10H9BrN2O2S/c1-16(14,15)13-9-4-7-2-3-8(11)5-10(7)12-6-9/h2-6,13H,1H3. The summed E-state index contributed by atoms with van der Waals surface area (Å²) in [5, 5.41) is 0.886. The van der Waals surface area contributed by atoms with Gasteiger partial charge < -0.3 is 0 Å². The Morgan fingerprint density at radius 3 is 2.75 bits per heavy atom. The number of fused-ring (bicyclic) bond motifs is 1. The lowest BCUT2D eigenvalue weighted by molar-refractivity contribution is 0.607. The van der Waals surface area contributed by atoms with Gasteiger partial charge in [0.15, 0.2) is 0 Å². The van der Waals surface area contributed by atoms with Crippen LogP contribution in [0.15, 0.2) is 34.9 Å². The SMILES string of the molecule is CS(=O)(=O)Nc1cnc2cc(Br)ccc2c1. The van der Waals surface area contributed by atoms with E-state index in [0.717, 1.165) is 21.6 Å². The third-order valence-corrected chi connectivity index (χ3v) is 3.05. The summed E-state index contributed by atoms with van der Waals surface area (Å²) in [5.41, 5.74) is 1.28. The molecule has 0 atom stereocenters. The molecule has 0 aliphatic carbocycles. The van der Waals surface area contributed by atoms with Gasteiger partial charge in [0.05, 0.1) is 23.7 Å². The Labute approximate surface area is 102 Å². The highest BCUT2D eigenvalue weighted by Crippen LogP contribution is 2.20. The zero-order valence-corrected chi connectivity index (χ0v) is 10.8. The van der Waals surface area contributed by atoms with Gasteiger partial charge in [0.25, 0.3) is 0 Å². The van der Waals surface area contributed by atoms with Crippen molar-refractivity contribution in [1.29, 1.82) is 0 Å². The van der Waals surface area contributed by atoms with Gasteiger partial charge in [-0.25, -0.2) is 8.42 Å². The Morgan fingerprint density at radius 1 is 1.31 bits per heavy atom. The van der Waals surface area contributed by atoms with E-state index in [2.05, 4.69) is 25.6 Å². The van der Waals surface area contributed by atoms with Gasteiger partial charge in [-0.05, 0) is 18.2 Å². The molecule has 6 heteroatoms. The molecule has 0 unspecified atom stereocenters. The van der Waals surface area contributed by atoms with Crippen LogP contribution in [0.4, 0.5) is 5.69 Å². The van der Waals surface area contributed by atoms with Crippen LogP contribution in [0.3, 0.4) is 0 Å². The molecule has 0 saturated carbocycles. The second kappa shape index (κ2) is 4.03. The number of pyridine rings is 1. The quantitative estimate of drug-likeness (QED) is 0.926. The number of rotatable bonds is 2. The number of hydrogen-bond acceptors (Lipinski definition) is 3. The van der Waals surface area contributed by atoms with E-state index in [1.54, 1.807) is 6.07 Å². The molecule has 0 fully saturated rings. The van der Waals surface area contributed by atoms with Crippen LogP contribution in [0.1, 0.15) is 0 Å². The third kappa shape index (κ3) is 2.70. The first-order chi connectivity index (χ1) is 7.44. The molecule has 2 rings (SSSR count). The summed E-state index contributed by atoms with van der Waals surface area (Å²) < 4.78 is 25.4. The summed E-state index contributed by atoms with van der Waals surface area (Å²) in [6.07, 6.45) is 2.61. The lowest BCUT2D eigenvalue weighted by atomic mass is 10.2. The van der Waals surface area contributed by atoms with Crippen LogP contribution in [0.2, 0.25) is 0 Å². The van der Waals surface area contributed by atoms with Crippen molar-refractivity contribution in [3.63, 3.8) is 0 Å². The van der Waals surface area contributed by atoms with E-state index in [1.165, 1.54) is 6.20 Å². The first-order valence-electron chi connectivity index (χ1n) is 4.47. The normalized spacial score (nSPS) is 11.6. The van der Waals surface area contributed by atoms with E-state index in [1.807, 2.05) is 18.2 Å². The fourth-order valence-corrected chi connectivity index (χ4v) is 2.25. The Balaban J connectivity index is 2.49. The number of sulfonamides is 1. The third-order valence-electron chi connectivity index (χ3n) is 1.95. The van der Waals surface area contributed by atoms with Gasteiger partial charge >= 0.3 is 0 Å². The van der Waals surface area contributed by atoms with Crippen molar-refractivity contribution in [2.75, 3.05) is 11.0 Å². The van der Waals surface area contributed by atoms with Crippen molar-refractivity contribution in [2.45, 2.75) is 0 Å². The minimum atomic E-state index is -3.25. The molecule has 1 aromatic heterocycles. The van der Waals surface area contributed by atoms with Crippen molar-refractivity contribution in [3.05, 3.63) is 34.9 Å². The maximum atomic E-state index is 11.0. The topological polar surface area (TPSA) is 59.1 Å². The molecule has 16 heavy (non-hydrogen) atoms. The van der Waals surface area contributed by atoms with E-state index in [0.29, 0.717) is 5.69 Å². The van der Waals surface area contributed by atoms with Gasteiger partial charge in [-0.2, -0.15) is 0 Å². The second-order valence-electron chi connectivity index (χ2n) is 3.44. The number of benzene rings is 1. The van der Waals surface area contributed by atoms with Gasteiger partial charge in [0.2, 0.25) is 10.0 Å². The summed E-state index contributed by atoms with van der Waals surface area (Å²) in [4.78, 5) is 4.17. The summed E-state index contributed by atoms with van der Waals surface area (Å²) >= 11 is 3.35. The molecule has 84 valence electrons. The second-order valence-corrected chi connectivity index (χ2v) is 6.10. The number of nitrogens with zero attached hydrogens (tertiary/aromatic N) is 1. The van der Waals surface area contributed by atoms with Crippen LogP contribution in [0.25, 0.3) is 10.9 Å². The number of hydrogen-bond donors (Lipinski definition) is 1. The smallest absolute Gasteiger partial charge is 0.229 e. The largest absolute Gasteiger partial charge is 0.282 e. The monoisotopic (exact) mass is 300 g/mol. The van der Waals surface area contributed by atoms with Crippen LogP contribution < -0.4 is 4.72 Å². The summed E-state index contributed by atoms with van der Waals surface area (Å²) in [6, 6.07) is 7.38. The van der Waals surface area contributed by atoms with Gasteiger partial charge in [-0.1, -0.05) is 22.0 Å². The van der Waals surface area contributed by atoms with Gasteiger partial charge in [-0.3, -0.25) is 9.71 Å². The van der Waals surface area contributed by atoms with Crippen LogP contribution in [0, 0.1) is 0 Å². The zero-order chi connectivity index (χ0) is 11.8. The van der Waals surface area contributed by atoms with Crippen molar-refractivity contribution in [2.24, 2.45) is 0 Å². The lowest BCUT2D eigenvalue weighted by Gasteiger charge is -2.04. The highest BCUT2D eigenvalue weighted by atomic mass is 79.9. The summed E-state index contributed by atoms with van der Waals surface area (Å²) in [7, 11) is -3.25. The number of aromatic nitrogens is 1. The van der Waals surface area contributed by atoms with Crippen molar-refractivity contribution >= 4 is 42.5 Å². The van der Waals surface area contributed by atoms with Crippen molar-refractivity contribution in [1.82, 2.24) is 4.98 Å². The average Bonchev–Trinajstić information content (AvgIpc) is 2.16. The lowest BCUT2D eigenvalue weighted by Crippen LogP contribution is -2.09. The van der Waals surface area contributed by atoms with E-state index >= 15 is 0 Å². The van der Waals surface area contributed by atoms with E-state index in [-0.39, 0.29) is 0 Å². The molecule has 1 N–H and O–H groups in total. The predicted octanol–water partition coefficient (Wildman–Crippen LogP) is 2.37. The minimum Gasteiger partial charge on any atom is -0.282 e. The van der Waals surface area contributed by atoms with Gasteiger partial charge in [0, 0.05) is 9.86 Å². The average molecular weight is 301 g/mol. The molecular weight excluding hydrogens is 292 g/mol. The first kappa shape index (κ1) is 11.3. The molecule has 0 aliphatic heterocycles. The zero-order valence-electron chi connectivity index (χ0n) is 8.44. The molecule has 1 aromatic carbocycles. The van der Waals surface area contributed by atoms with Gasteiger partial charge in [-0.15, -0.1) is 0 Å². The van der Waals surface area contributed by atoms with Crippen LogP contribution in [-0.4, -0.2) is 19.7 Å². The molecule has 0 aliphatic rings. The number of halogens is 1. The maximum absolute atomic E-state index is 11.0. The van der Waals surface area contributed by atoms with Crippen LogP contribution in [-0.2, 0) is 10.0 Å². The molecule has 0 saturated heterocycles. The molecule has 2 aromatic rings. The maximum Gasteiger partial charge on any atom is 0.229 e. The highest BCUT2D eigenvalue weighted by Gasteiger charge is 2.03. The molecule has 0 radical (unpaired) electrons. The highest BCUT2D eigenvalue weighted by molar-refractivity contribution is 9.10. The van der Waals surface area contributed by atoms with E-state index in [4.69, 9.17) is 0 Å². The predicted molar refractivity (Wildman–Crippen MR) is 67.9 cm³/mol. The fraction of sp³-hybridized carbons (Fsp3) is 0.100. The van der Waals surface area contributed by atoms with E-state index < -0.39 is 10.0 Å². The molecule has 0 amide bonds. The van der Waals surface area contributed by atoms with Gasteiger partial charge in [0.1, 0.15) is 0 Å². The van der Waals surface area contributed by atoms with Crippen LogP contribution in [0.5, 0.6) is 0 Å². The first-order valence-corrected chi connectivity index (χ1v) is 7.15. The molecule has 0 bridgehead atoms. The van der Waals surface area contributed by atoms with Crippen molar-refractivity contribution in [3.8, 4) is 0 Å². The Hall–Kier alpha value is -1.14. The molecular formula is C10H9BrN2O2S. The summed E-state index contributed by atoms with van der Waals surface area (Å²) in [5.74, 6) is 0. The Morgan fingerprint density at radius 2 is 2.06 bits per heavy atom. The molecule has 1 heterocycles. The number of anilines is 1. The molecule has 4 nitrogen and oxygen atoms in total. The van der Waals surface area contributed by atoms with Crippen LogP contribution >= 0.6 is 15.9 Å². The molecule has 0 spiro atoms. The Kier molecular flexibility index (Phi) is 2.86. The minimum absolute atomic E-state index is 0.470. The Bertz CT molecular complexity index is 640. The fourth-order valence-electron chi connectivity index (χ4n) is 1.36. The van der Waals surface area contributed by atoms with Crippen molar-refractivity contribution < 1.29 is 8.42 Å². The number of nitrogens with one attached hydrogen (secondary N) is 1. The summed E-state index contributed by atoms with van der Waals surface area (Å²) in [6.45, 7) is 0.